The average molecular weight is 244 g/mol. The molecule has 98 valence electrons. The quantitative estimate of drug-likeness (QED) is 0.571. The zero-order chi connectivity index (χ0) is 12.3. The minimum absolute atomic E-state index is 0.424. The van der Waals surface area contributed by atoms with Crippen molar-refractivity contribution in [3.63, 3.8) is 0 Å². The van der Waals surface area contributed by atoms with E-state index in [1.807, 2.05) is 6.92 Å². The first-order chi connectivity index (χ1) is 8.36. The van der Waals surface area contributed by atoms with E-state index >= 15 is 0 Å². The molecule has 7 nitrogen and oxygen atoms in total. The summed E-state index contributed by atoms with van der Waals surface area (Å²) in [5.74, 6) is 0.578. The summed E-state index contributed by atoms with van der Waals surface area (Å²) < 4.78 is 15.5. The van der Waals surface area contributed by atoms with Gasteiger partial charge in [-0.3, -0.25) is 0 Å². The Labute approximate surface area is 101 Å². The van der Waals surface area contributed by atoms with Crippen LogP contribution < -0.4 is 10.6 Å². The molecule has 0 bridgehead atoms. The second-order valence-electron chi connectivity index (χ2n) is 3.31. The fourth-order valence-corrected chi connectivity index (χ4v) is 1.10. The molecular formula is C10H20N4O3. The Kier molecular flexibility index (Phi) is 7.28. The van der Waals surface area contributed by atoms with E-state index in [1.165, 1.54) is 0 Å². The summed E-state index contributed by atoms with van der Waals surface area (Å²) in [5.41, 5.74) is 0. The van der Waals surface area contributed by atoms with Gasteiger partial charge in [0, 0.05) is 13.7 Å². The summed E-state index contributed by atoms with van der Waals surface area (Å²) in [4.78, 5) is 0. The lowest BCUT2D eigenvalue weighted by atomic mass is 10.6. The number of rotatable bonds is 10. The molecule has 0 spiro atoms. The van der Waals surface area contributed by atoms with Gasteiger partial charge < -0.3 is 24.5 Å². The highest BCUT2D eigenvalue weighted by Gasteiger charge is 2.03. The van der Waals surface area contributed by atoms with Crippen molar-refractivity contribution in [3.05, 3.63) is 5.89 Å². The monoisotopic (exact) mass is 244 g/mol. The minimum Gasteiger partial charge on any atom is -0.407 e. The molecule has 7 heteroatoms. The van der Waals surface area contributed by atoms with E-state index in [0.717, 1.165) is 6.54 Å². The van der Waals surface area contributed by atoms with Gasteiger partial charge in [-0.1, -0.05) is 12.0 Å². The van der Waals surface area contributed by atoms with E-state index in [0.29, 0.717) is 44.8 Å². The fourth-order valence-electron chi connectivity index (χ4n) is 1.10. The molecule has 0 saturated carbocycles. The Bertz CT molecular complexity index is 293. The Morgan fingerprint density at radius 3 is 2.88 bits per heavy atom. The number of nitrogens with zero attached hydrogens (tertiary/aromatic N) is 2. The third kappa shape index (κ3) is 6.20. The van der Waals surface area contributed by atoms with Crippen molar-refractivity contribution in [1.82, 2.24) is 15.5 Å². The molecule has 1 aromatic rings. The second-order valence-corrected chi connectivity index (χ2v) is 3.31. The molecule has 0 unspecified atom stereocenters. The van der Waals surface area contributed by atoms with Crippen LogP contribution in [0.25, 0.3) is 0 Å². The van der Waals surface area contributed by atoms with Crippen LogP contribution in [0.4, 0.5) is 6.01 Å². The van der Waals surface area contributed by atoms with Crippen LogP contribution in [0.2, 0.25) is 0 Å². The minimum atomic E-state index is 0.424. The molecule has 1 heterocycles. The van der Waals surface area contributed by atoms with Crippen molar-refractivity contribution in [2.24, 2.45) is 0 Å². The van der Waals surface area contributed by atoms with Crippen LogP contribution in [-0.2, 0) is 16.0 Å². The fraction of sp³-hybridized carbons (Fsp3) is 0.800. The van der Waals surface area contributed by atoms with E-state index in [9.17, 15) is 0 Å². The molecule has 1 aromatic heterocycles. The molecule has 0 atom stereocenters. The lowest BCUT2D eigenvalue weighted by Crippen LogP contribution is -2.12. The number of ether oxygens (including phenoxy) is 2. The third-order valence-electron chi connectivity index (χ3n) is 1.95. The maximum atomic E-state index is 5.34. The molecule has 0 radical (unpaired) electrons. The predicted octanol–water partition coefficient (Wildman–Crippen LogP) is 0.254. The maximum Gasteiger partial charge on any atom is 0.315 e. The Hall–Kier alpha value is -1.18. The Balaban J connectivity index is 2.08. The van der Waals surface area contributed by atoms with Gasteiger partial charge in [0.1, 0.15) is 0 Å². The molecule has 0 saturated heterocycles. The van der Waals surface area contributed by atoms with Crippen LogP contribution in [0.3, 0.4) is 0 Å². The summed E-state index contributed by atoms with van der Waals surface area (Å²) in [6.07, 6.45) is 0. The van der Waals surface area contributed by atoms with Crippen molar-refractivity contribution in [1.29, 1.82) is 0 Å². The van der Waals surface area contributed by atoms with E-state index in [2.05, 4.69) is 20.8 Å². The van der Waals surface area contributed by atoms with Gasteiger partial charge >= 0.3 is 6.01 Å². The molecule has 0 amide bonds. The zero-order valence-corrected chi connectivity index (χ0v) is 10.4. The number of anilines is 1. The highest BCUT2D eigenvalue weighted by Crippen LogP contribution is 2.04. The molecular weight excluding hydrogens is 224 g/mol. The van der Waals surface area contributed by atoms with Crippen molar-refractivity contribution < 1.29 is 13.9 Å². The standard InChI is InChI=1S/C10H20N4O3/c1-3-11-8-9-13-14-10(17-9)12-4-5-16-7-6-15-2/h11H,3-8H2,1-2H3,(H,12,14). The van der Waals surface area contributed by atoms with Crippen LogP contribution in [0.1, 0.15) is 12.8 Å². The van der Waals surface area contributed by atoms with Gasteiger partial charge in [-0.25, -0.2) is 0 Å². The molecule has 0 aliphatic heterocycles. The average Bonchev–Trinajstić information content (AvgIpc) is 2.79. The third-order valence-corrected chi connectivity index (χ3v) is 1.95. The second kappa shape index (κ2) is 8.91. The molecule has 2 N–H and O–H groups in total. The number of hydrogen-bond donors (Lipinski definition) is 2. The van der Waals surface area contributed by atoms with Crippen molar-refractivity contribution in [2.45, 2.75) is 13.5 Å². The van der Waals surface area contributed by atoms with Gasteiger partial charge in [-0.2, -0.15) is 0 Å². The van der Waals surface area contributed by atoms with E-state index in [1.54, 1.807) is 7.11 Å². The predicted molar refractivity (Wildman–Crippen MR) is 62.9 cm³/mol. The van der Waals surface area contributed by atoms with Crippen LogP contribution in [0, 0.1) is 0 Å². The van der Waals surface area contributed by atoms with Gasteiger partial charge in [-0.15, -0.1) is 5.10 Å². The molecule has 0 aliphatic rings. The SMILES string of the molecule is CCNCc1nnc(NCCOCCOC)o1. The maximum absolute atomic E-state index is 5.34. The van der Waals surface area contributed by atoms with Crippen molar-refractivity contribution in [3.8, 4) is 0 Å². The van der Waals surface area contributed by atoms with E-state index in [4.69, 9.17) is 13.9 Å². The summed E-state index contributed by atoms with van der Waals surface area (Å²) in [5, 5.41) is 13.8. The number of methoxy groups -OCH3 is 1. The highest BCUT2D eigenvalue weighted by molar-refractivity contribution is 5.16. The van der Waals surface area contributed by atoms with Gasteiger partial charge in [0.2, 0.25) is 5.89 Å². The zero-order valence-electron chi connectivity index (χ0n) is 10.4. The van der Waals surface area contributed by atoms with E-state index < -0.39 is 0 Å². The smallest absolute Gasteiger partial charge is 0.315 e. The van der Waals surface area contributed by atoms with Crippen LogP contribution in [0.15, 0.2) is 4.42 Å². The first kappa shape index (κ1) is 13.9. The summed E-state index contributed by atoms with van der Waals surface area (Å²) >= 11 is 0. The normalized spacial score (nSPS) is 10.7. The molecule has 0 aromatic carbocycles. The molecule has 17 heavy (non-hydrogen) atoms. The highest BCUT2D eigenvalue weighted by atomic mass is 16.5. The number of nitrogens with one attached hydrogen (secondary N) is 2. The Morgan fingerprint density at radius 2 is 2.12 bits per heavy atom. The first-order valence-corrected chi connectivity index (χ1v) is 5.70. The summed E-state index contributed by atoms with van der Waals surface area (Å²) in [6.45, 7) is 5.89. The molecule has 1 rings (SSSR count). The van der Waals surface area contributed by atoms with E-state index in [-0.39, 0.29) is 0 Å². The first-order valence-electron chi connectivity index (χ1n) is 5.70. The van der Waals surface area contributed by atoms with Crippen molar-refractivity contribution >= 4 is 6.01 Å². The number of hydrogen-bond acceptors (Lipinski definition) is 7. The van der Waals surface area contributed by atoms with Crippen LogP contribution >= 0.6 is 0 Å². The lowest BCUT2D eigenvalue weighted by molar-refractivity contribution is 0.0757. The topological polar surface area (TPSA) is 81.4 Å². The Morgan fingerprint density at radius 1 is 1.24 bits per heavy atom. The summed E-state index contributed by atoms with van der Waals surface area (Å²) in [6, 6.07) is 0.424. The molecule has 0 aliphatic carbocycles. The largest absolute Gasteiger partial charge is 0.407 e. The number of aromatic nitrogens is 2. The van der Waals surface area contributed by atoms with Gasteiger partial charge in [-0.05, 0) is 6.54 Å². The van der Waals surface area contributed by atoms with Gasteiger partial charge in [0.05, 0.1) is 26.4 Å². The summed E-state index contributed by atoms with van der Waals surface area (Å²) in [7, 11) is 1.64. The van der Waals surface area contributed by atoms with Crippen molar-refractivity contribution in [2.75, 3.05) is 45.3 Å². The lowest BCUT2D eigenvalue weighted by Gasteiger charge is -2.03. The van der Waals surface area contributed by atoms with Gasteiger partial charge in [0.25, 0.3) is 0 Å². The molecule has 0 fully saturated rings. The van der Waals surface area contributed by atoms with Crippen LogP contribution in [0.5, 0.6) is 0 Å². The van der Waals surface area contributed by atoms with Gasteiger partial charge in [0.15, 0.2) is 0 Å². The van der Waals surface area contributed by atoms with Crippen LogP contribution in [-0.4, -0.2) is 50.2 Å².